The lowest BCUT2D eigenvalue weighted by atomic mass is 10.0. The van der Waals surface area contributed by atoms with Crippen LogP contribution < -0.4 is 5.32 Å². The third-order valence-electron chi connectivity index (χ3n) is 3.73. The number of aliphatic hydroxyl groups excluding tert-OH is 1. The van der Waals surface area contributed by atoms with Crippen molar-refractivity contribution in [3.63, 3.8) is 0 Å². The first-order valence-electron chi connectivity index (χ1n) is 6.33. The molecule has 1 aliphatic rings. The summed E-state index contributed by atoms with van der Waals surface area (Å²) in [7, 11) is 0. The van der Waals surface area contributed by atoms with E-state index >= 15 is 0 Å². The highest BCUT2D eigenvalue weighted by molar-refractivity contribution is 5.20. The molecule has 0 bridgehead atoms. The molecule has 2 rings (SSSR count). The zero-order valence-electron chi connectivity index (χ0n) is 10.2. The molecule has 1 saturated carbocycles. The Morgan fingerprint density at radius 3 is 2.88 bits per heavy atom. The van der Waals surface area contributed by atoms with Gasteiger partial charge in [0, 0.05) is 24.3 Å². The number of benzene rings is 1. The van der Waals surface area contributed by atoms with E-state index < -0.39 is 0 Å². The van der Waals surface area contributed by atoms with Gasteiger partial charge in [-0.15, -0.1) is 0 Å². The van der Waals surface area contributed by atoms with Crippen LogP contribution in [0.15, 0.2) is 24.3 Å². The summed E-state index contributed by atoms with van der Waals surface area (Å²) in [6.07, 6.45) is 3.29. The maximum absolute atomic E-state index is 13.6. The molecule has 1 aromatic rings. The minimum atomic E-state index is -0.161. The van der Waals surface area contributed by atoms with Crippen LogP contribution in [0.2, 0.25) is 0 Å². The van der Waals surface area contributed by atoms with Gasteiger partial charge >= 0.3 is 0 Å². The quantitative estimate of drug-likeness (QED) is 0.843. The van der Waals surface area contributed by atoms with Gasteiger partial charge in [-0.05, 0) is 31.7 Å². The lowest BCUT2D eigenvalue weighted by molar-refractivity contribution is 0.200. The average molecular weight is 237 g/mol. The van der Waals surface area contributed by atoms with Crippen molar-refractivity contribution in [3.05, 3.63) is 35.6 Å². The molecule has 0 amide bonds. The molecule has 0 aromatic heterocycles. The van der Waals surface area contributed by atoms with Gasteiger partial charge in [0.15, 0.2) is 0 Å². The van der Waals surface area contributed by atoms with Crippen molar-refractivity contribution in [1.29, 1.82) is 0 Å². The molecule has 1 fully saturated rings. The molecule has 17 heavy (non-hydrogen) atoms. The van der Waals surface area contributed by atoms with Gasteiger partial charge in [0.1, 0.15) is 5.82 Å². The molecule has 3 heteroatoms. The van der Waals surface area contributed by atoms with E-state index in [1.807, 2.05) is 19.1 Å². The Morgan fingerprint density at radius 1 is 1.41 bits per heavy atom. The molecular weight excluding hydrogens is 217 g/mol. The molecule has 1 aromatic carbocycles. The molecule has 1 aliphatic carbocycles. The Morgan fingerprint density at radius 2 is 2.18 bits per heavy atom. The van der Waals surface area contributed by atoms with Crippen molar-refractivity contribution in [2.24, 2.45) is 5.92 Å². The maximum atomic E-state index is 13.6. The standard InChI is InChI=1S/C14H20FNO/c1-10(12-6-2-3-7-13(12)15)16-14-8-4-5-11(14)9-17/h2-3,6-7,10-11,14,16-17H,4-5,8-9H2,1H3/t10-,11-,14+/m1/s1. The number of aliphatic hydroxyl groups is 1. The Hall–Kier alpha value is -0.930. The fourth-order valence-corrected chi connectivity index (χ4v) is 2.71. The molecule has 0 heterocycles. The summed E-state index contributed by atoms with van der Waals surface area (Å²) >= 11 is 0. The van der Waals surface area contributed by atoms with Gasteiger partial charge in [0.2, 0.25) is 0 Å². The SMILES string of the molecule is C[C@@H](N[C@H]1CCC[C@@H]1CO)c1ccccc1F. The van der Waals surface area contributed by atoms with Crippen molar-refractivity contribution in [2.75, 3.05) is 6.61 Å². The van der Waals surface area contributed by atoms with Crippen molar-refractivity contribution in [3.8, 4) is 0 Å². The van der Waals surface area contributed by atoms with Gasteiger partial charge in [-0.1, -0.05) is 24.6 Å². The summed E-state index contributed by atoms with van der Waals surface area (Å²) in [6, 6.07) is 7.18. The summed E-state index contributed by atoms with van der Waals surface area (Å²) in [6.45, 7) is 2.20. The van der Waals surface area contributed by atoms with E-state index in [2.05, 4.69) is 5.32 Å². The summed E-state index contributed by atoms with van der Waals surface area (Å²) in [4.78, 5) is 0. The molecule has 94 valence electrons. The number of nitrogens with one attached hydrogen (secondary N) is 1. The minimum absolute atomic E-state index is 0.00616. The van der Waals surface area contributed by atoms with Crippen LogP contribution >= 0.6 is 0 Å². The molecule has 0 radical (unpaired) electrons. The normalized spacial score (nSPS) is 26.1. The van der Waals surface area contributed by atoms with Crippen LogP contribution in [0.25, 0.3) is 0 Å². The third-order valence-corrected chi connectivity index (χ3v) is 3.73. The van der Waals surface area contributed by atoms with E-state index in [4.69, 9.17) is 0 Å². The predicted molar refractivity (Wildman–Crippen MR) is 66.2 cm³/mol. The smallest absolute Gasteiger partial charge is 0.127 e. The lowest BCUT2D eigenvalue weighted by Crippen LogP contribution is -2.36. The van der Waals surface area contributed by atoms with E-state index in [1.54, 1.807) is 6.07 Å². The van der Waals surface area contributed by atoms with Gasteiger partial charge in [-0.2, -0.15) is 0 Å². The highest BCUT2D eigenvalue weighted by atomic mass is 19.1. The molecule has 2 N–H and O–H groups in total. The fourth-order valence-electron chi connectivity index (χ4n) is 2.71. The molecule has 0 unspecified atom stereocenters. The van der Waals surface area contributed by atoms with Gasteiger partial charge in [-0.25, -0.2) is 4.39 Å². The summed E-state index contributed by atoms with van der Waals surface area (Å²) in [5.74, 6) is 0.162. The predicted octanol–water partition coefficient (Wildman–Crippen LogP) is 2.64. The summed E-state index contributed by atoms with van der Waals surface area (Å²) < 4.78 is 13.6. The first-order valence-corrected chi connectivity index (χ1v) is 6.33. The third kappa shape index (κ3) is 2.85. The Balaban J connectivity index is 2.01. The number of halogens is 1. The topological polar surface area (TPSA) is 32.3 Å². The van der Waals surface area contributed by atoms with Crippen LogP contribution in [0.4, 0.5) is 4.39 Å². The second-order valence-electron chi connectivity index (χ2n) is 4.89. The zero-order valence-corrected chi connectivity index (χ0v) is 10.2. The number of rotatable bonds is 4. The van der Waals surface area contributed by atoms with Crippen molar-refractivity contribution < 1.29 is 9.50 Å². The summed E-state index contributed by atoms with van der Waals surface area (Å²) in [5, 5.41) is 12.7. The van der Waals surface area contributed by atoms with Crippen LogP contribution in [-0.2, 0) is 0 Å². The minimum Gasteiger partial charge on any atom is -0.396 e. The van der Waals surface area contributed by atoms with E-state index in [1.165, 1.54) is 6.07 Å². The summed E-state index contributed by atoms with van der Waals surface area (Å²) in [5.41, 5.74) is 0.705. The highest BCUT2D eigenvalue weighted by Gasteiger charge is 2.28. The molecule has 2 nitrogen and oxygen atoms in total. The Bertz CT molecular complexity index is 369. The molecule has 0 spiro atoms. The zero-order chi connectivity index (χ0) is 12.3. The van der Waals surface area contributed by atoms with E-state index in [-0.39, 0.29) is 18.5 Å². The largest absolute Gasteiger partial charge is 0.396 e. The van der Waals surface area contributed by atoms with Crippen LogP contribution in [0.1, 0.15) is 37.8 Å². The maximum Gasteiger partial charge on any atom is 0.127 e. The van der Waals surface area contributed by atoms with Gasteiger partial charge in [-0.3, -0.25) is 0 Å². The Labute approximate surface area is 102 Å². The second kappa shape index (κ2) is 5.61. The molecule has 3 atom stereocenters. The molecule has 0 saturated heterocycles. The van der Waals surface area contributed by atoms with E-state index in [9.17, 15) is 9.50 Å². The Kier molecular flexibility index (Phi) is 4.13. The van der Waals surface area contributed by atoms with Crippen molar-refractivity contribution >= 4 is 0 Å². The van der Waals surface area contributed by atoms with Gasteiger partial charge in [0.25, 0.3) is 0 Å². The lowest BCUT2D eigenvalue weighted by Gasteiger charge is -2.24. The second-order valence-corrected chi connectivity index (χ2v) is 4.89. The average Bonchev–Trinajstić information content (AvgIpc) is 2.76. The van der Waals surface area contributed by atoms with Crippen LogP contribution in [-0.4, -0.2) is 17.8 Å². The molecular formula is C14H20FNO. The van der Waals surface area contributed by atoms with E-state index in [0.717, 1.165) is 19.3 Å². The molecule has 0 aliphatic heterocycles. The van der Waals surface area contributed by atoms with Gasteiger partial charge in [0.05, 0.1) is 0 Å². The highest BCUT2D eigenvalue weighted by Crippen LogP contribution is 2.28. The number of hydrogen-bond acceptors (Lipinski definition) is 2. The van der Waals surface area contributed by atoms with Crippen LogP contribution in [0, 0.1) is 11.7 Å². The van der Waals surface area contributed by atoms with Crippen LogP contribution in [0.5, 0.6) is 0 Å². The van der Waals surface area contributed by atoms with E-state index in [0.29, 0.717) is 17.5 Å². The van der Waals surface area contributed by atoms with Crippen molar-refractivity contribution in [2.45, 2.75) is 38.3 Å². The van der Waals surface area contributed by atoms with Gasteiger partial charge < -0.3 is 10.4 Å². The first kappa shape index (κ1) is 12.5. The number of hydrogen-bond donors (Lipinski definition) is 2. The van der Waals surface area contributed by atoms with Crippen LogP contribution in [0.3, 0.4) is 0 Å². The van der Waals surface area contributed by atoms with Crippen molar-refractivity contribution in [1.82, 2.24) is 5.32 Å². The fraction of sp³-hybridized carbons (Fsp3) is 0.571. The first-order chi connectivity index (χ1) is 8.22. The monoisotopic (exact) mass is 237 g/mol.